The number of imidazole rings is 1. The topological polar surface area (TPSA) is 624 Å². The fraction of sp³-hybridized carbons (Fsp3) is 0.543. The SMILES string of the molecule is CCCC[C@H]1CN(C)[C@@H](CCCC)C(=O)N[C@@H](CCCNC(=N)N)C(=O)N[C@H](C(=O)NCC(N)=O)CSCC(=O)N[C@@H](Cc2ccc(O)cc2)C(=O)N2CCC[C@H]2C(=O)N[C@@H](CC(N)=O)C(=O)N2CCC[C@H]2C(=O)N[C@@H](Cc2cnc[nH]2)C(=O)N[C@@H](CC(C)C)C(=O)N2CCC[C@H]2C(=O)N[C@@H](Cc2c[nH]c3ccccc23)C(=O)N[C@@H](CO)C(=O)N[C@@H](Cc2c[nH]c3ccccc23)C(=O)N1C. The molecule has 3 aromatic heterocycles. The third-order valence-corrected chi connectivity index (χ3v) is 25.9. The molecule has 6 aromatic rings. The number of thioether (sulfide) groups is 1. The Morgan fingerprint density at radius 3 is 1.57 bits per heavy atom. The summed E-state index contributed by atoms with van der Waals surface area (Å²) in [6.45, 7) is 5.78. The number of carbonyl (C=O) groups excluding carboxylic acids is 16. The Hall–Kier alpha value is -13.2. The number of phenolic OH excluding ortho intramolecular Hbond substituents is 1. The van der Waals surface area contributed by atoms with Gasteiger partial charge in [0.05, 0.1) is 37.7 Å². The molecule has 4 fully saturated rings. The molecule has 4 aliphatic rings. The van der Waals surface area contributed by atoms with Crippen LogP contribution < -0.4 is 75.7 Å². The summed E-state index contributed by atoms with van der Waals surface area (Å²) in [6, 6.07) is 0.938. The number of aliphatic hydroxyl groups excluding tert-OH is 1. The van der Waals surface area contributed by atoms with Crippen LogP contribution >= 0.6 is 11.8 Å². The molecule has 7 heterocycles. The third-order valence-electron chi connectivity index (χ3n) is 24.9. The Morgan fingerprint density at radius 2 is 1.03 bits per heavy atom. The molecule has 23 N–H and O–H groups in total. The van der Waals surface area contributed by atoms with Gasteiger partial charge in [0.1, 0.15) is 78.3 Å². The Labute approximate surface area is 786 Å². The van der Waals surface area contributed by atoms with Crippen LogP contribution in [0.25, 0.3) is 21.8 Å². The lowest BCUT2D eigenvalue weighted by molar-refractivity contribution is -0.145. The van der Waals surface area contributed by atoms with E-state index in [4.69, 9.17) is 22.6 Å². The lowest BCUT2D eigenvalue weighted by Crippen LogP contribution is -2.61. The standard InChI is InChI=1S/C92H130N24O18S/c1-7-9-19-57-47-112(5)72(25-10-8-2)84(127)104-63(24-15-33-98-92(95)96)80(123)111-71(79(122)101-46-77(94)120)49-135-50-78(121)103-67(38-53-29-31-58(118)32-30-53)90(133)115-35-18-28-75(115)87(130)109-69(42-76(93)119)91(134)116-36-17-27-74(116)86(129)106-65(41-56-45-97-51-102-56)82(125)107-66(37-52(3)4)89(132)114-34-16-26-73(114)85(128)105-64(39-54-43-99-61-22-13-11-20-59(54)61)81(124)110-70(48-117)83(126)108-68(88(131)113(57)6)40-55-44-100-62-23-14-12-21-60(55)62/h11-14,20-23,29-32,43-45,51-52,57,63-75,99-100,117-118H,7-10,15-19,24-28,33-42,46-50H2,1-6H3,(H2,93,119)(H2,94,120)(H,97,102)(H,101,122)(H,103,121)(H,104,127)(H,105,128)(H,106,129)(H,107,125)(H,108,126)(H,109,130)(H,110,124)(H,111,123)(H4,95,96,98)/t57-,63-,64-,65-,66-,67-,68-,69-,70-,71-,72-,73-,74-,75-/m0/s1. The van der Waals surface area contributed by atoms with Crippen LogP contribution in [0.3, 0.4) is 0 Å². The van der Waals surface area contributed by atoms with E-state index in [0.29, 0.717) is 77.3 Å². The number of nitrogens with two attached hydrogens (primary N) is 3. The highest BCUT2D eigenvalue weighted by Gasteiger charge is 2.46. The number of hydrogen-bond acceptors (Lipinski definition) is 22. The van der Waals surface area contributed by atoms with E-state index < -0.39 is 204 Å². The van der Waals surface area contributed by atoms with Crippen molar-refractivity contribution in [3.8, 4) is 5.75 Å². The minimum Gasteiger partial charge on any atom is -0.508 e. The Balaban J connectivity index is 1.01. The van der Waals surface area contributed by atoms with Crippen LogP contribution in [0.1, 0.15) is 153 Å². The molecular weight excluding hydrogens is 1760 g/mol. The predicted octanol–water partition coefficient (Wildman–Crippen LogP) is -1.28. The molecule has 4 aliphatic heterocycles. The van der Waals surface area contributed by atoms with Gasteiger partial charge in [-0.3, -0.25) is 87.0 Å². The van der Waals surface area contributed by atoms with Gasteiger partial charge in [-0.25, -0.2) is 4.98 Å². The maximum absolute atomic E-state index is 15.8. The number of likely N-dealkylation sites (N-methyl/N-ethyl adjacent to an activating group) is 2. The van der Waals surface area contributed by atoms with Crippen LogP contribution in [-0.4, -0.2) is 311 Å². The van der Waals surface area contributed by atoms with Gasteiger partial charge in [0, 0.05) is 123 Å². The van der Waals surface area contributed by atoms with Crippen molar-refractivity contribution in [1.29, 1.82) is 5.41 Å². The quantitative estimate of drug-likeness (QED) is 0.0171. The van der Waals surface area contributed by atoms with E-state index >= 15 is 47.9 Å². The molecule has 0 spiro atoms. The zero-order valence-electron chi connectivity index (χ0n) is 77.2. The van der Waals surface area contributed by atoms with Gasteiger partial charge in [0.25, 0.3) is 0 Å². The highest BCUT2D eigenvalue weighted by atomic mass is 32.2. The molecular formula is C92H130N24O18S. The van der Waals surface area contributed by atoms with Gasteiger partial charge in [0.15, 0.2) is 5.96 Å². The van der Waals surface area contributed by atoms with Crippen molar-refractivity contribution in [2.75, 3.05) is 71.5 Å². The molecule has 0 saturated carbocycles. The number of primary amides is 2. The summed E-state index contributed by atoms with van der Waals surface area (Å²) >= 11 is 0.822. The van der Waals surface area contributed by atoms with Crippen molar-refractivity contribution in [3.05, 3.63) is 120 Å². The minimum atomic E-state index is -1.78. The number of hydrogen-bond donors (Lipinski definition) is 20. The minimum absolute atomic E-state index is 0.0137. The highest BCUT2D eigenvalue weighted by molar-refractivity contribution is 8.00. The van der Waals surface area contributed by atoms with Gasteiger partial charge < -0.3 is 120 Å². The lowest BCUT2D eigenvalue weighted by Gasteiger charge is -2.37. The van der Waals surface area contributed by atoms with E-state index in [1.807, 2.05) is 58.0 Å². The Morgan fingerprint density at radius 1 is 0.533 bits per heavy atom. The van der Waals surface area contributed by atoms with Crippen molar-refractivity contribution in [2.45, 2.75) is 241 Å². The van der Waals surface area contributed by atoms with Gasteiger partial charge in [-0.15, -0.1) is 11.8 Å². The van der Waals surface area contributed by atoms with Gasteiger partial charge in [-0.05, 0) is 125 Å². The lowest BCUT2D eigenvalue weighted by atomic mass is 10.00. The van der Waals surface area contributed by atoms with E-state index in [9.17, 15) is 39.0 Å². The Bertz CT molecular complexity index is 5170. The number of nitrogens with zero attached hydrogens (tertiary/aromatic N) is 6. The van der Waals surface area contributed by atoms with Gasteiger partial charge in [-0.2, -0.15) is 0 Å². The van der Waals surface area contributed by atoms with Gasteiger partial charge in [-0.1, -0.05) is 102 Å². The fourth-order valence-electron chi connectivity index (χ4n) is 17.8. The first kappa shape index (κ1) is 104. The summed E-state index contributed by atoms with van der Waals surface area (Å²) in [5.74, 6) is -15.2. The van der Waals surface area contributed by atoms with Gasteiger partial charge in [0.2, 0.25) is 94.5 Å². The summed E-state index contributed by atoms with van der Waals surface area (Å²) in [4.78, 5) is 256. The first-order valence-corrected chi connectivity index (χ1v) is 47.4. The molecule has 0 radical (unpaired) electrons. The number of amides is 16. The number of carbonyl (C=O) groups is 16. The maximum atomic E-state index is 15.8. The first-order chi connectivity index (χ1) is 64.6. The van der Waals surface area contributed by atoms with Crippen molar-refractivity contribution >= 4 is 134 Å². The normalized spacial score (nSPS) is 24.7. The second kappa shape index (κ2) is 50.2. The molecule has 0 aliphatic carbocycles. The Kier molecular flexibility index (Phi) is 38.7. The number of aromatic nitrogens is 4. The van der Waals surface area contributed by atoms with Crippen molar-refractivity contribution in [1.82, 2.24) is 103 Å². The molecule has 10 rings (SSSR count). The van der Waals surface area contributed by atoms with Crippen LogP contribution in [0.15, 0.2) is 97.7 Å². The zero-order valence-corrected chi connectivity index (χ0v) is 78.0. The smallest absolute Gasteiger partial charge is 0.246 e. The monoisotopic (exact) mass is 1890 g/mol. The van der Waals surface area contributed by atoms with E-state index in [-0.39, 0.29) is 140 Å². The number of nitrogens with one attached hydrogen (secondary N) is 15. The van der Waals surface area contributed by atoms with Crippen LogP contribution in [0.5, 0.6) is 5.75 Å². The van der Waals surface area contributed by atoms with Crippen molar-refractivity contribution in [2.24, 2.45) is 23.1 Å². The van der Waals surface area contributed by atoms with E-state index in [0.717, 1.165) is 22.0 Å². The van der Waals surface area contributed by atoms with E-state index in [2.05, 4.69) is 78.4 Å². The molecule has 16 amide bonds. The van der Waals surface area contributed by atoms with Crippen molar-refractivity contribution in [3.63, 3.8) is 0 Å². The number of guanidine groups is 1. The van der Waals surface area contributed by atoms with Crippen LogP contribution in [0.2, 0.25) is 0 Å². The first-order valence-electron chi connectivity index (χ1n) is 46.2. The summed E-state index contributed by atoms with van der Waals surface area (Å²) in [5, 5.41) is 60.9. The molecule has 0 bridgehead atoms. The van der Waals surface area contributed by atoms with Crippen LogP contribution in [0, 0.1) is 11.3 Å². The summed E-state index contributed by atoms with van der Waals surface area (Å²) in [7, 11) is 3.26. The number of H-pyrrole nitrogens is 3. The number of benzene rings is 3. The molecule has 732 valence electrons. The molecule has 43 heteroatoms. The summed E-state index contributed by atoms with van der Waals surface area (Å²) in [5.41, 5.74) is 20.3. The second-order valence-corrected chi connectivity index (χ2v) is 36.5. The number of phenols is 1. The third kappa shape index (κ3) is 29.2. The summed E-state index contributed by atoms with van der Waals surface area (Å²) < 4.78 is 0. The molecule has 42 nitrogen and oxygen atoms in total. The van der Waals surface area contributed by atoms with E-state index in [1.54, 1.807) is 49.6 Å². The van der Waals surface area contributed by atoms with Crippen molar-refractivity contribution < 1.29 is 86.9 Å². The molecule has 135 heavy (non-hydrogen) atoms. The van der Waals surface area contributed by atoms with Gasteiger partial charge >= 0.3 is 0 Å². The maximum Gasteiger partial charge on any atom is 0.246 e. The van der Waals surface area contributed by atoms with Crippen LogP contribution in [0.4, 0.5) is 0 Å². The predicted molar refractivity (Wildman–Crippen MR) is 501 cm³/mol. The number of unbranched alkanes of at least 4 members (excludes halogenated alkanes) is 2. The summed E-state index contributed by atoms with van der Waals surface area (Å²) in [6.07, 6.45) is 8.40. The fourth-order valence-corrected chi connectivity index (χ4v) is 18.6. The molecule has 0 unspecified atom stereocenters. The second-order valence-electron chi connectivity index (χ2n) is 35.5. The zero-order chi connectivity index (χ0) is 97.7. The number of aromatic hydroxyl groups is 1. The highest BCUT2D eigenvalue weighted by Crippen LogP contribution is 2.29. The molecule has 14 atom stereocenters. The van der Waals surface area contributed by atoms with E-state index in [1.165, 1.54) is 51.5 Å². The largest absolute Gasteiger partial charge is 0.508 e. The number of rotatable bonds is 26. The molecule has 4 saturated heterocycles. The number of fused-ring (bicyclic) bond motifs is 5. The average molecular weight is 1890 g/mol. The average Bonchev–Trinajstić information content (AvgIpc) is 1.72. The van der Waals surface area contributed by atoms with Crippen LogP contribution in [-0.2, 0) is 102 Å². The number of para-hydroxylation sites is 2. The molecule has 3 aromatic carbocycles. The number of aliphatic hydroxyl groups is 1. The number of aromatic amines is 3.